The van der Waals surface area contributed by atoms with E-state index in [4.69, 9.17) is 33.5 Å². The molecule has 0 radical (unpaired) electrons. The number of carbonyl (C=O) groups is 1. The highest BCUT2D eigenvalue weighted by Crippen LogP contribution is 2.43. The average Bonchev–Trinajstić information content (AvgIpc) is 3.67. The van der Waals surface area contributed by atoms with Crippen LogP contribution in [-0.2, 0) is 23.7 Å². The monoisotopic (exact) mass is 623 g/mol. The van der Waals surface area contributed by atoms with E-state index >= 15 is 0 Å². The molecule has 2 N–H and O–H groups in total. The van der Waals surface area contributed by atoms with Crippen LogP contribution in [0.5, 0.6) is 11.5 Å². The fraction of sp³-hybridized carbons (Fsp3) is 0.515. The number of nitrogens with one attached hydrogen (secondary N) is 1. The van der Waals surface area contributed by atoms with Crippen molar-refractivity contribution >= 4 is 16.9 Å². The van der Waals surface area contributed by atoms with Gasteiger partial charge in [-0.25, -0.2) is 4.79 Å². The van der Waals surface area contributed by atoms with Crippen molar-refractivity contribution in [1.82, 2.24) is 14.5 Å². The maximum Gasteiger partial charge on any atom is 0.326 e. The molecule has 1 amide bonds. The minimum atomic E-state index is -0.661. The van der Waals surface area contributed by atoms with Crippen LogP contribution < -0.4 is 15.2 Å². The smallest absolute Gasteiger partial charge is 0.326 e. The molecule has 45 heavy (non-hydrogen) atoms. The maximum atomic E-state index is 13.9. The number of likely N-dealkylation sites (tertiary alicyclic amines) is 1. The molecule has 3 aliphatic rings. The van der Waals surface area contributed by atoms with Crippen LogP contribution in [0.15, 0.2) is 59.1 Å². The van der Waals surface area contributed by atoms with Crippen molar-refractivity contribution in [2.24, 2.45) is 5.92 Å². The van der Waals surface area contributed by atoms with Gasteiger partial charge in [0.1, 0.15) is 0 Å². The van der Waals surface area contributed by atoms with Gasteiger partial charge >= 0.3 is 5.69 Å². The van der Waals surface area contributed by atoms with Crippen molar-refractivity contribution in [3.05, 3.63) is 70.3 Å². The van der Waals surface area contributed by atoms with Gasteiger partial charge in [-0.05, 0) is 62.1 Å². The molecule has 242 valence electrons. The summed E-state index contributed by atoms with van der Waals surface area (Å²) in [5.74, 6) is 1.07. The van der Waals surface area contributed by atoms with E-state index in [1.165, 1.54) is 0 Å². The Morgan fingerprint density at radius 2 is 1.80 bits per heavy atom. The Morgan fingerprint density at radius 1 is 1.02 bits per heavy atom. The molecular weight excluding hydrogens is 582 g/mol. The molecule has 2 aromatic carbocycles. The first-order valence-corrected chi connectivity index (χ1v) is 15.7. The molecule has 1 aromatic heterocycles. The number of aliphatic hydroxyl groups excluding tert-OH is 1. The fourth-order valence-corrected chi connectivity index (χ4v) is 6.46. The first kappa shape index (κ1) is 31.2. The summed E-state index contributed by atoms with van der Waals surface area (Å²) in [5.41, 5.74) is 2.53. The van der Waals surface area contributed by atoms with Gasteiger partial charge in [-0.2, -0.15) is 0 Å². The maximum absolute atomic E-state index is 13.9. The van der Waals surface area contributed by atoms with Gasteiger partial charge in [-0.1, -0.05) is 18.2 Å². The van der Waals surface area contributed by atoms with Gasteiger partial charge in [-0.15, -0.1) is 0 Å². The lowest BCUT2D eigenvalue weighted by atomic mass is 9.81. The number of H-pyrrole nitrogens is 1. The lowest BCUT2D eigenvalue weighted by Gasteiger charge is -2.39. The van der Waals surface area contributed by atoms with E-state index in [2.05, 4.69) is 4.98 Å². The molecule has 4 heterocycles. The van der Waals surface area contributed by atoms with Crippen LogP contribution in [0.25, 0.3) is 11.0 Å². The number of piperidine rings is 1. The molecular formula is C33H41N3O9. The number of carbonyl (C=O) groups excluding carboxylic acids is 1. The van der Waals surface area contributed by atoms with Crippen LogP contribution in [0.1, 0.15) is 43.7 Å². The Hall–Kier alpha value is -3.84. The second-order valence-electron chi connectivity index (χ2n) is 11.4. The van der Waals surface area contributed by atoms with Gasteiger partial charge in [-0.3, -0.25) is 9.36 Å². The SMILES string of the molecule is CCO[C@@H]1OC(C(=O)N2CCC(n3c(=O)[nH]c4ccccc43)CC2)=C[C@H](c2ccc3c(c2)OCO3)[C@@H]1CCOCCOCCO. The number of nitrogens with zero attached hydrogens (tertiary/aromatic N) is 2. The number of aromatic amines is 1. The highest BCUT2D eigenvalue weighted by molar-refractivity contribution is 5.92. The number of allylic oxidation sites excluding steroid dienone is 1. The standard InChI is InChI=1S/C33H41N3O9/c1-2-42-32-24(11-15-40-17-18-41-16-14-37)25(22-7-8-28-29(19-22)44-21-43-28)20-30(45-32)31(38)35-12-9-23(10-13-35)36-27-6-4-3-5-26(27)34-33(36)39/h3-8,19-20,23-25,32,37H,2,9-18,21H2,1H3,(H,34,39)/t24-,25+,32+/m0/s1. The lowest BCUT2D eigenvalue weighted by Crippen LogP contribution is -2.44. The van der Waals surface area contributed by atoms with Crippen molar-refractivity contribution in [3.8, 4) is 11.5 Å². The number of imidazole rings is 1. The number of para-hydroxylation sites is 2. The van der Waals surface area contributed by atoms with Gasteiger partial charge in [0.05, 0.1) is 37.5 Å². The quantitative estimate of drug-likeness (QED) is 0.275. The van der Waals surface area contributed by atoms with Crippen molar-refractivity contribution in [3.63, 3.8) is 0 Å². The van der Waals surface area contributed by atoms with Crippen LogP contribution in [0.4, 0.5) is 0 Å². The number of aliphatic hydroxyl groups is 1. The van der Waals surface area contributed by atoms with Gasteiger partial charge in [0.15, 0.2) is 17.3 Å². The van der Waals surface area contributed by atoms with E-state index in [-0.39, 0.29) is 55.2 Å². The number of fused-ring (bicyclic) bond motifs is 2. The fourth-order valence-electron chi connectivity index (χ4n) is 6.46. The largest absolute Gasteiger partial charge is 0.459 e. The van der Waals surface area contributed by atoms with E-state index in [9.17, 15) is 9.59 Å². The molecule has 12 heteroatoms. The number of amides is 1. The minimum absolute atomic E-state index is 0.00470. The van der Waals surface area contributed by atoms with Crippen LogP contribution in [0.3, 0.4) is 0 Å². The van der Waals surface area contributed by atoms with E-state index < -0.39 is 6.29 Å². The number of hydrogen-bond acceptors (Lipinski definition) is 9. The van der Waals surface area contributed by atoms with E-state index in [0.29, 0.717) is 70.3 Å². The summed E-state index contributed by atoms with van der Waals surface area (Å²) in [7, 11) is 0. The summed E-state index contributed by atoms with van der Waals surface area (Å²) in [5, 5.41) is 8.90. The summed E-state index contributed by atoms with van der Waals surface area (Å²) in [4.78, 5) is 31.4. The van der Waals surface area contributed by atoms with E-state index in [0.717, 1.165) is 16.6 Å². The van der Waals surface area contributed by atoms with Gasteiger partial charge in [0.2, 0.25) is 13.1 Å². The third kappa shape index (κ3) is 6.89. The minimum Gasteiger partial charge on any atom is -0.459 e. The van der Waals surface area contributed by atoms with Gasteiger partial charge in [0.25, 0.3) is 5.91 Å². The van der Waals surface area contributed by atoms with Crippen LogP contribution in [0.2, 0.25) is 0 Å². The zero-order valence-corrected chi connectivity index (χ0v) is 25.5. The lowest BCUT2D eigenvalue weighted by molar-refractivity contribution is -0.172. The summed E-state index contributed by atoms with van der Waals surface area (Å²) in [6, 6.07) is 13.5. The van der Waals surface area contributed by atoms with E-state index in [1.54, 1.807) is 4.90 Å². The highest BCUT2D eigenvalue weighted by Gasteiger charge is 2.40. The molecule has 1 fully saturated rings. The van der Waals surface area contributed by atoms with E-state index in [1.807, 2.05) is 60.0 Å². The molecule has 0 bridgehead atoms. The first-order valence-electron chi connectivity index (χ1n) is 15.7. The number of rotatable bonds is 13. The molecule has 1 saturated heterocycles. The Morgan fingerprint density at radius 3 is 2.60 bits per heavy atom. The second kappa shape index (κ2) is 14.5. The van der Waals surface area contributed by atoms with Crippen molar-refractivity contribution < 1.29 is 38.3 Å². The highest BCUT2D eigenvalue weighted by atomic mass is 16.7. The Kier molecular flexibility index (Phi) is 10.0. The Bertz CT molecular complexity index is 1540. The second-order valence-corrected chi connectivity index (χ2v) is 11.4. The Balaban J connectivity index is 1.19. The third-order valence-electron chi connectivity index (χ3n) is 8.65. The number of aromatic nitrogens is 2. The molecule has 0 saturated carbocycles. The van der Waals surface area contributed by atoms with Gasteiger partial charge in [0, 0.05) is 44.2 Å². The average molecular weight is 624 g/mol. The summed E-state index contributed by atoms with van der Waals surface area (Å²) in [6.45, 7) is 4.98. The van der Waals surface area contributed by atoms with Crippen molar-refractivity contribution in [1.29, 1.82) is 0 Å². The normalized spacial score (nSPS) is 21.6. The first-order chi connectivity index (χ1) is 22.1. The zero-order valence-electron chi connectivity index (χ0n) is 25.5. The predicted molar refractivity (Wildman–Crippen MR) is 164 cm³/mol. The Labute approximate surface area is 261 Å². The molecule has 3 aromatic rings. The summed E-state index contributed by atoms with van der Waals surface area (Å²) in [6.07, 6.45) is 3.17. The third-order valence-corrected chi connectivity index (χ3v) is 8.65. The topological polar surface area (TPSA) is 134 Å². The van der Waals surface area contributed by atoms with Crippen LogP contribution in [-0.4, -0.2) is 91.3 Å². The number of benzene rings is 2. The molecule has 0 spiro atoms. The van der Waals surface area contributed by atoms with Crippen molar-refractivity contribution in [2.45, 2.75) is 44.4 Å². The van der Waals surface area contributed by atoms with Crippen LogP contribution in [0, 0.1) is 5.92 Å². The zero-order chi connectivity index (χ0) is 31.2. The van der Waals surface area contributed by atoms with Crippen molar-refractivity contribution in [2.75, 3.05) is 59.5 Å². The summed E-state index contributed by atoms with van der Waals surface area (Å²) >= 11 is 0. The molecule has 6 rings (SSSR count). The molecule has 3 atom stereocenters. The number of hydrogen-bond donors (Lipinski definition) is 2. The summed E-state index contributed by atoms with van der Waals surface area (Å²) < 4.78 is 36.6. The molecule has 0 unspecified atom stereocenters. The molecule has 0 aliphatic carbocycles. The number of ether oxygens (including phenoxy) is 6. The predicted octanol–water partition coefficient (Wildman–Crippen LogP) is 3.31. The van der Waals surface area contributed by atoms with Crippen LogP contribution >= 0.6 is 0 Å². The molecule has 12 nitrogen and oxygen atoms in total. The van der Waals surface area contributed by atoms with Gasteiger partial charge < -0.3 is 43.4 Å². The molecule has 3 aliphatic heterocycles.